The smallest absolute Gasteiger partial charge is 0.238 e. The lowest BCUT2D eigenvalue weighted by atomic mass is 9.64. The van der Waals surface area contributed by atoms with Gasteiger partial charge in [-0.3, -0.25) is 14.4 Å². The second-order valence-corrected chi connectivity index (χ2v) is 9.97. The van der Waals surface area contributed by atoms with Gasteiger partial charge >= 0.3 is 0 Å². The minimum atomic E-state index is -1.41. The number of allylic oxidation sites excluding steroid dienone is 1. The topological polar surface area (TPSA) is 66.5 Å². The van der Waals surface area contributed by atoms with Crippen LogP contribution < -0.4 is 10.2 Å². The van der Waals surface area contributed by atoms with Crippen LogP contribution >= 0.6 is 0 Å². The molecule has 5 nitrogen and oxygen atoms in total. The molecule has 1 saturated heterocycles. The molecule has 0 aliphatic carbocycles. The zero-order valence-corrected chi connectivity index (χ0v) is 20.2. The van der Waals surface area contributed by atoms with Crippen LogP contribution in [0.5, 0.6) is 0 Å². The Morgan fingerprint density at radius 1 is 1.00 bits per heavy atom. The minimum Gasteiger partial charge on any atom is -0.352 e. The number of rotatable bonds is 3. The summed E-state index contributed by atoms with van der Waals surface area (Å²) in [5, 5.41) is 2.97. The van der Waals surface area contributed by atoms with Crippen LogP contribution in [0.2, 0.25) is 0 Å². The number of aryl methyl sites for hydroxylation is 1. The van der Waals surface area contributed by atoms with Crippen molar-refractivity contribution in [1.29, 1.82) is 0 Å². The second kappa shape index (κ2) is 7.72. The van der Waals surface area contributed by atoms with Gasteiger partial charge in [-0.15, -0.1) is 0 Å². The third-order valence-corrected chi connectivity index (χ3v) is 7.97. The van der Waals surface area contributed by atoms with Crippen molar-refractivity contribution in [2.24, 2.45) is 5.92 Å². The van der Waals surface area contributed by atoms with Crippen molar-refractivity contribution in [3.05, 3.63) is 101 Å². The molecule has 1 amide bonds. The summed E-state index contributed by atoms with van der Waals surface area (Å²) in [4.78, 5) is 43.7. The highest BCUT2D eigenvalue weighted by molar-refractivity contribution is 6.16. The third kappa shape index (κ3) is 2.78. The lowest BCUT2D eigenvalue weighted by Gasteiger charge is -2.39. The van der Waals surface area contributed by atoms with Gasteiger partial charge < -0.3 is 10.2 Å². The predicted octanol–water partition coefficient (Wildman–Crippen LogP) is 5.09. The molecule has 0 aromatic heterocycles. The quantitative estimate of drug-likeness (QED) is 0.531. The van der Waals surface area contributed by atoms with Gasteiger partial charge in [0.1, 0.15) is 11.2 Å². The van der Waals surface area contributed by atoms with E-state index in [1.54, 1.807) is 12.1 Å². The molecule has 0 radical (unpaired) electrons. The Morgan fingerprint density at radius 2 is 1.72 bits per heavy atom. The van der Waals surface area contributed by atoms with E-state index in [2.05, 4.69) is 11.4 Å². The summed E-state index contributed by atoms with van der Waals surface area (Å²) < 4.78 is 15.0. The molecule has 0 saturated carbocycles. The average Bonchev–Trinajstić information content (AvgIpc) is 3.32. The van der Waals surface area contributed by atoms with Crippen LogP contribution in [-0.4, -0.2) is 29.6 Å². The SMILES string of the molecule is CC(=O)[C@@H]1[C@@H](C(=O)c2ccccc2F)[C@]2(C(=O)Nc3ccccc32)[C@H]2C=C(C)c3cc(C)ccc3N12. The third-order valence-electron chi connectivity index (χ3n) is 7.97. The number of nitrogens with one attached hydrogen (secondary N) is 1. The van der Waals surface area contributed by atoms with Gasteiger partial charge in [-0.25, -0.2) is 4.39 Å². The number of amides is 1. The largest absolute Gasteiger partial charge is 0.352 e. The fourth-order valence-corrected chi connectivity index (χ4v) is 6.53. The van der Waals surface area contributed by atoms with Gasteiger partial charge in [0.15, 0.2) is 11.6 Å². The van der Waals surface area contributed by atoms with E-state index in [0.717, 1.165) is 22.4 Å². The van der Waals surface area contributed by atoms with Crippen molar-refractivity contribution >= 4 is 34.4 Å². The second-order valence-electron chi connectivity index (χ2n) is 9.97. The normalized spacial score (nSPS) is 25.7. The number of anilines is 2. The van der Waals surface area contributed by atoms with Gasteiger partial charge in [-0.2, -0.15) is 0 Å². The maximum Gasteiger partial charge on any atom is 0.238 e. The van der Waals surface area contributed by atoms with Gasteiger partial charge in [0.25, 0.3) is 0 Å². The van der Waals surface area contributed by atoms with Crippen molar-refractivity contribution in [3.63, 3.8) is 0 Å². The minimum absolute atomic E-state index is 0.116. The van der Waals surface area contributed by atoms with Crippen LogP contribution in [0.3, 0.4) is 0 Å². The Morgan fingerprint density at radius 3 is 2.47 bits per heavy atom. The number of halogens is 1. The van der Waals surface area contributed by atoms with E-state index in [0.29, 0.717) is 11.3 Å². The maximum atomic E-state index is 15.0. The van der Waals surface area contributed by atoms with E-state index < -0.39 is 35.0 Å². The van der Waals surface area contributed by atoms with Crippen LogP contribution in [-0.2, 0) is 15.0 Å². The summed E-state index contributed by atoms with van der Waals surface area (Å²) in [5.41, 5.74) is 3.53. The van der Waals surface area contributed by atoms with Crippen molar-refractivity contribution in [2.75, 3.05) is 10.2 Å². The lowest BCUT2D eigenvalue weighted by Crippen LogP contribution is -2.51. The molecule has 1 N–H and O–H groups in total. The Balaban J connectivity index is 1.70. The summed E-state index contributed by atoms with van der Waals surface area (Å²) in [6.45, 7) is 5.43. The fraction of sp³-hybridized carbons (Fsp3) is 0.233. The van der Waals surface area contributed by atoms with Gasteiger partial charge in [-0.1, -0.05) is 48.0 Å². The van der Waals surface area contributed by atoms with E-state index >= 15 is 0 Å². The van der Waals surface area contributed by atoms with Crippen molar-refractivity contribution < 1.29 is 18.8 Å². The predicted molar refractivity (Wildman–Crippen MR) is 137 cm³/mol. The summed E-state index contributed by atoms with van der Waals surface area (Å²) >= 11 is 0. The molecule has 4 atom stereocenters. The van der Waals surface area contributed by atoms with Crippen LogP contribution in [0.15, 0.2) is 72.8 Å². The summed E-state index contributed by atoms with van der Waals surface area (Å²) in [6, 6.07) is 17.5. The van der Waals surface area contributed by atoms with Crippen LogP contribution in [0.25, 0.3) is 5.57 Å². The molecule has 3 heterocycles. The first-order chi connectivity index (χ1) is 17.3. The van der Waals surface area contributed by atoms with Gasteiger partial charge in [0, 0.05) is 16.9 Å². The molecule has 1 spiro atoms. The first-order valence-corrected chi connectivity index (χ1v) is 12.0. The van der Waals surface area contributed by atoms with Gasteiger partial charge in [0.2, 0.25) is 5.91 Å². The number of hydrogen-bond donors (Lipinski definition) is 1. The summed E-state index contributed by atoms with van der Waals surface area (Å²) in [7, 11) is 0. The van der Waals surface area contributed by atoms with Crippen molar-refractivity contribution in [2.45, 2.75) is 38.3 Å². The van der Waals surface area contributed by atoms with Crippen LogP contribution in [0.1, 0.15) is 40.9 Å². The number of para-hydroxylation sites is 1. The molecule has 3 aliphatic rings. The van der Waals surface area contributed by atoms with E-state index in [1.165, 1.54) is 25.1 Å². The number of carbonyl (C=O) groups excluding carboxylic acids is 3. The summed E-state index contributed by atoms with van der Waals surface area (Å²) in [5.74, 6) is -2.94. The number of nitrogens with zero attached hydrogens (tertiary/aromatic N) is 1. The maximum absolute atomic E-state index is 15.0. The molecule has 3 aliphatic heterocycles. The van der Waals surface area contributed by atoms with E-state index in [1.807, 2.05) is 55.2 Å². The number of Topliss-reactive ketones (excluding diaryl/α,β-unsaturated/α-hetero) is 2. The first-order valence-electron chi connectivity index (χ1n) is 12.0. The number of hydrogen-bond acceptors (Lipinski definition) is 4. The average molecular weight is 481 g/mol. The number of ketones is 2. The standard InChI is InChI=1S/C30H25FN2O3/c1-16-12-13-24-20(14-16)17(2)15-25-30(21-9-5-7-11-23(21)32-29(30)36)26(27(18(3)34)33(24)25)28(35)19-8-4-6-10-22(19)31/h4-15,25-27H,1-3H3,(H,32,36)/t25-,26+,27-,30-/m1/s1. The molecule has 1 fully saturated rings. The van der Waals surface area contributed by atoms with E-state index in [9.17, 15) is 18.8 Å². The number of fused-ring (bicyclic) bond motifs is 6. The summed E-state index contributed by atoms with van der Waals surface area (Å²) in [6.07, 6.45) is 1.99. The molecule has 0 bridgehead atoms. The Kier molecular flexibility index (Phi) is 4.80. The number of benzene rings is 3. The molecule has 180 valence electrons. The van der Waals surface area contributed by atoms with Gasteiger partial charge in [0.05, 0.1) is 23.6 Å². The molecule has 36 heavy (non-hydrogen) atoms. The first kappa shape index (κ1) is 22.4. The zero-order chi connectivity index (χ0) is 25.4. The Bertz CT molecular complexity index is 1510. The molecule has 6 rings (SSSR count). The van der Waals surface area contributed by atoms with E-state index in [4.69, 9.17) is 0 Å². The lowest BCUT2D eigenvalue weighted by molar-refractivity contribution is -0.122. The highest BCUT2D eigenvalue weighted by atomic mass is 19.1. The van der Waals surface area contributed by atoms with Crippen LogP contribution in [0.4, 0.5) is 15.8 Å². The molecule has 3 aromatic carbocycles. The molecule has 6 heteroatoms. The Labute approximate surface area is 208 Å². The molecular weight excluding hydrogens is 455 g/mol. The molecular formula is C30H25FN2O3. The molecule has 0 unspecified atom stereocenters. The fourth-order valence-electron chi connectivity index (χ4n) is 6.53. The van der Waals surface area contributed by atoms with Gasteiger partial charge in [-0.05, 0) is 62.2 Å². The molecule has 3 aromatic rings. The Hall–Kier alpha value is -4.06. The highest BCUT2D eigenvalue weighted by Gasteiger charge is 2.70. The van der Waals surface area contributed by atoms with E-state index in [-0.39, 0.29) is 17.3 Å². The zero-order valence-electron chi connectivity index (χ0n) is 20.2. The van der Waals surface area contributed by atoms with Crippen molar-refractivity contribution in [3.8, 4) is 0 Å². The number of carbonyl (C=O) groups is 3. The van der Waals surface area contributed by atoms with Crippen molar-refractivity contribution in [1.82, 2.24) is 0 Å². The van der Waals surface area contributed by atoms with Crippen LogP contribution in [0, 0.1) is 18.7 Å². The monoisotopic (exact) mass is 480 g/mol. The highest BCUT2D eigenvalue weighted by Crippen LogP contribution is 2.58.